The molecule has 1 heterocycles. The summed E-state index contributed by atoms with van der Waals surface area (Å²) in [5.41, 5.74) is 0.932. The molecule has 1 unspecified atom stereocenters. The number of thioether (sulfide) groups is 1. The molecule has 0 saturated heterocycles. The molecule has 0 aromatic carbocycles. The van der Waals surface area contributed by atoms with Gasteiger partial charge in [0.05, 0.1) is 37.8 Å². The van der Waals surface area contributed by atoms with Gasteiger partial charge in [-0.15, -0.1) is 0 Å². The number of allylic oxidation sites excluding steroid dienone is 2. The molecule has 0 spiro atoms. The highest BCUT2D eigenvalue weighted by atomic mass is 32.2. The topological polar surface area (TPSA) is 83.1 Å². The van der Waals surface area contributed by atoms with Gasteiger partial charge in [-0.25, -0.2) is 0 Å². The van der Waals surface area contributed by atoms with Crippen LogP contribution in [0.15, 0.2) is 36.1 Å². The number of hydrogen-bond acceptors (Lipinski definition) is 7. The summed E-state index contributed by atoms with van der Waals surface area (Å²) < 4.78 is 20.4. The van der Waals surface area contributed by atoms with Crippen LogP contribution in [0.5, 0.6) is 0 Å². The number of ether oxygens (including phenoxy) is 4. The van der Waals surface area contributed by atoms with Gasteiger partial charge in [0.1, 0.15) is 5.76 Å². The van der Waals surface area contributed by atoms with Gasteiger partial charge in [-0.3, -0.25) is 9.59 Å². The smallest absolute Gasteiger partial charge is 0.258 e. The molecule has 1 N–H and O–H groups in total. The predicted octanol–water partition coefficient (Wildman–Crippen LogP) is 2.87. The number of carbonyl (C=O) groups is 2. The van der Waals surface area contributed by atoms with E-state index in [1.807, 2.05) is 33.8 Å². The van der Waals surface area contributed by atoms with E-state index >= 15 is 0 Å². The van der Waals surface area contributed by atoms with E-state index < -0.39 is 4.75 Å². The van der Waals surface area contributed by atoms with Crippen molar-refractivity contribution in [3.63, 3.8) is 0 Å². The summed E-state index contributed by atoms with van der Waals surface area (Å²) in [5, 5.41) is 2.61. The summed E-state index contributed by atoms with van der Waals surface area (Å²) in [5.74, 6) is 0.199. The number of methoxy groups -OCH3 is 1. The van der Waals surface area contributed by atoms with E-state index in [0.29, 0.717) is 45.3 Å². The molecule has 1 atom stereocenters. The van der Waals surface area contributed by atoms with E-state index in [9.17, 15) is 9.59 Å². The van der Waals surface area contributed by atoms with E-state index in [2.05, 4.69) is 11.9 Å². The fourth-order valence-corrected chi connectivity index (χ4v) is 3.29. The summed E-state index contributed by atoms with van der Waals surface area (Å²) in [6.07, 6.45) is 5.04. The molecule has 1 aliphatic heterocycles. The van der Waals surface area contributed by atoms with E-state index in [4.69, 9.17) is 18.9 Å². The van der Waals surface area contributed by atoms with Crippen molar-refractivity contribution in [3.8, 4) is 0 Å². The number of rotatable bonds is 14. The minimum absolute atomic E-state index is 0.0952. The molecular formula is C21H35NO6S. The zero-order valence-corrected chi connectivity index (χ0v) is 19.1. The van der Waals surface area contributed by atoms with Gasteiger partial charge in [-0.1, -0.05) is 49.9 Å². The quantitative estimate of drug-likeness (QED) is 0.336. The second-order valence-corrected chi connectivity index (χ2v) is 7.44. The average Bonchev–Trinajstić information content (AvgIpc) is 2.99. The van der Waals surface area contributed by atoms with Crippen molar-refractivity contribution < 1.29 is 28.5 Å². The summed E-state index contributed by atoms with van der Waals surface area (Å²) in [6, 6.07) is 0. The van der Waals surface area contributed by atoms with Crippen molar-refractivity contribution in [2.24, 2.45) is 0 Å². The number of carbonyl (C=O) groups excluding carboxylic acids is 2. The third kappa shape index (κ3) is 11.9. The zero-order valence-electron chi connectivity index (χ0n) is 18.2. The molecule has 1 aliphatic rings. The van der Waals surface area contributed by atoms with Gasteiger partial charge in [0.15, 0.2) is 6.61 Å². The minimum Gasteiger partial charge on any atom is -0.486 e. The zero-order chi connectivity index (χ0) is 22.1. The summed E-state index contributed by atoms with van der Waals surface area (Å²) in [7, 11) is 1.62. The lowest BCUT2D eigenvalue weighted by atomic mass is 10.0. The maximum atomic E-state index is 11.9. The van der Waals surface area contributed by atoms with Crippen LogP contribution in [0.1, 0.15) is 27.7 Å². The van der Waals surface area contributed by atoms with Gasteiger partial charge in [0.2, 0.25) is 5.12 Å². The number of amides is 1. The Kier molecular flexibility index (Phi) is 15.3. The Balaban J connectivity index is 0.00000379. The van der Waals surface area contributed by atoms with Crippen molar-refractivity contribution >= 4 is 22.8 Å². The SMILES string of the molecule is C=C/C(C)=C/C1(C)SC(=O)C=C1OCC(=O)NCCOCCOCCOC.CC. The molecule has 1 rings (SSSR count). The molecule has 1 amide bonds. The third-order valence-corrected chi connectivity index (χ3v) is 4.67. The highest BCUT2D eigenvalue weighted by Crippen LogP contribution is 2.42. The van der Waals surface area contributed by atoms with Crippen LogP contribution >= 0.6 is 11.8 Å². The van der Waals surface area contributed by atoms with Gasteiger partial charge >= 0.3 is 0 Å². The lowest BCUT2D eigenvalue weighted by molar-refractivity contribution is -0.124. The molecule has 0 fully saturated rings. The molecule has 29 heavy (non-hydrogen) atoms. The lowest BCUT2D eigenvalue weighted by Crippen LogP contribution is -2.32. The molecule has 0 aromatic rings. The molecule has 166 valence electrons. The van der Waals surface area contributed by atoms with Crippen LogP contribution in [0.2, 0.25) is 0 Å². The fourth-order valence-electron chi connectivity index (χ4n) is 2.24. The Bertz CT molecular complexity index is 576. The minimum atomic E-state index is -0.623. The van der Waals surface area contributed by atoms with Crippen molar-refractivity contribution in [2.45, 2.75) is 32.4 Å². The van der Waals surface area contributed by atoms with Gasteiger partial charge in [-0.05, 0) is 13.8 Å². The molecule has 0 radical (unpaired) electrons. The highest BCUT2D eigenvalue weighted by Gasteiger charge is 2.38. The maximum Gasteiger partial charge on any atom is 0.258 e. The van der Waals surface area contributed by atoms with Gasteiger partial charge in [0, 0.05) is 19.7 Å². The van der Waals surface area contributed by atoms with Crippen LogP contribution in [-0.2, 0) is 28.5 Å². The van der Waals surface area contributed by atoms with E-state index in [1.165, 1.54) is 6.08 Å². The first-order chi connectivity index (χ1) is 13.9. The average molecular weight is 430 g/mol. The Hall–Kier alpha value is -1.61. The third-order valence-electron chi connectivity index (χ3n) is 3.61. The van der Waals surface area contributed by atoms with E-state index in [1.54, 1.807) is 13.2 Å². The largest absolute Gasteiger partial charge is 0.486 e. The van der Waals surface area contributed by atoms with Crippen LogP contribution in [0.4, 0.5) is 0 Å². The lowest BCUT2D eigenvalue weighted by Gasteiger charge is -2.23. The van der Waals surface area contributed by atoms with Gasteiger partial charge in [0.25, 0.3) is 5.91 Å². The maximum absolute atomic E-state index is 11.9. The first kappa shape index (κ1) is 27.4. The highest BCUT2D eigenvalue weighted by molar-refractivity contribution is 8.15. The Morgan fingerprint density at radius 1 is 1.21 bits per heavy atom. The van der Waals surface area contributed by atoms with Crippen LogP contribution in [-0.4, -0.2) is 69.1 Å². The molecule has 0 aromatic heterocycles. The van der Waals surface area contributed by atoms with Crippen LogP contribution < -0.4 is 5.32 Å². The van der Waals surface area contributed by atoms with Crippen molar-refractivity contribution in [1.82, 2.24) is 5.32 Å². The normalized spacial score (nSPS) is 18.6. The van der Waals surface area contributed by atoms with E-state index in [0.717, 1.165) is 17.3 Å². The molecule has 8 heteroatoms. The molecular weight excluding hydrogens is 394 g/mol. The van der Waals surface area contributed by atoms with Crippen LogP contribution in [0.3, 0.4) is 0 Å². The van der Waals surface area contributed by atoms with E-state index in [-0.39, 0.29) is 17.6 Å². The number of nitrogens with one attached hydrogen (secondary N) is 1. The fraction of sp³-hybridized carbons (Fsp3) is 0.619. The van der Waals surface area contributed by atoms with Crippen molar-refractivity contribution in [3.05, 3.63) is 36.1 Å². The standard InChI is InChI=1S/C19H29NO6S.C2H6/c1-5-15(2)13-19(3)16(12-18(22)27-19)26-14-17(21)20-6-7-24-10-11-25-9-8-23-4;1-2/h5,12-13H,1,6-11,14H2,2-4H3,(H,20,21);1-2H3/b15-13+;. The van der Waals surface area contributed by atoms with Crippen LogP contribution in [0.25, 0.3) is 0 Å². The Labute approximate surface area is 178 Å². The molecule has 7 nitrogen and oxygen atoms in total. The van der Waals surface area contributed by atoms with Gasteiger partial charge in [-0.2, -0.15) is 0 Å². The van der Waals surface area contributed by atoms with Crippen molar-refractivity contribution in [2.75, 3.05) is 53.3 Å². The summed E-state index contributed by atoms with van der Waals surface area (Å²) in [6.45, 7) is 14.1. The number of hydrogen-bond donors (Lipinski definition) is 1. The first-order valence-corrected chi connectivity index (χ1v) is 10.5. The van der Waals surface area contributed by atoms with Gasteiger partial charge < -0.3 is 24.3 Å². The Morgan fingerprint density at radius 3 is 2.45 bits per heavy atom. The second kappa shape index (κ2) is 16.2. The Morgan fingerprint density at radius 2 is 1.83 bits per heavy atom. The summed E-state index contributed by atoms with van der Waals surface area (Å²) in [4.78, 5) is 23.7. The molecule has 0 aliphatic carbocycles. The van der Waals surface area contributed by atoms with Crippen LogP contribution in [0, 0.1) is 0 Å². The first-order valence-electron chi connectivity index (χ1n) is 9.72. The molecule has 0 saturated carbocycles. The second-order valence-electron chi connectivity index (χ2n) is 5.99. The van der Waals surface area contributed by atoms with Crippen molar-refractivity contribution in [1.29, 1.82) is 0 Å². The summed E-state index contributed by atoms with van der Waals surface area (Å²) >= 11 is 1.15. The monoisotopic (exact) mass is 429 g/mol. The molecule has 0 bridgehead atoms. The predicted molar refractivity (Wildman–Crippen MR) is 117 cm³/mol.